The second-order valence-electron chi connectivity index (χ2n) is 6.51. The van der Waals surface area contributed by atoms with Crippen LogP contribution in [0, 0.1) is 13.8 Å². The van der Waals surface area contributed by atoms with Gasteiger partial charge in [-0.05, 0) is 32.0 Å². The fraction of sp³-hybridized carbons (Fsp3) is 0.211. The third kappa shape index (κ3) is 3.05. The quantitative estimate of drug-likeness (QED) is 0.504. The van der Waals surface area contributed by atoms with Crippen LogP contribution in [0.2, 0.25) is 10.0 Å². The van der Waals surface area contributed by atoms with E-state index in [0.29, 0.717) is 15.7 Å². The highest BCUT2D eigenvalue weighted by molar-refractivity contribution is 6.35. The molecule has 3 heterocycles. The molecule has 0 unspecified atom stereocenters. The normalized spacial score (nSPS) is 11.3. The predicted molar refractivity (Wildman–Crippen MR) is 107 cm³/mol. The van der Waals surface area contributed by atoms with Crippen LogP contribution in [-0.4, -0.2) is 29.3 Å². The van der Waals surface area contributed by atoms with Crippen molar-refractivity contribution < 1.29 is 0 Å². The molecule has 0 atom stereocenters. The number of aromatic nitrogens is 6. The van der Waals surface area contributed by atoms with Crippen molar-refractivity contribution in [1.29, 1.82) is 0 Å². The molecular weight excluding hydrogens is 383 g/mol. The van der Waals surface area contributed by atoms with E-state index < -0.39 is 0 Å². The average Bonchev–Trinajstić information content (AvgIpc) is 3.22. The molecule has 0 saturated carbocycles. The van der Waals surface area contributed by atoms with Gasteiger partial charge in [-0.2, -0.15) is 15.3 Å². The number of aryl methyl sites for hydroxylation is 4. The largest absolute Gasteiger partial charge is 0.275 e. The first kappa shape index (κ1) is 17.8. The summed E-state index contributed by atoms with van der Waals surface area (Å²) >= 11 is 13.1. The van der Waals surface area contributed by atoms with Gasteiger partial charge in [-0.1, -0.05) is 29.3 Å². The lowest BCUT2D eigenvalue weighted by molar-refractivity contribution is 0.756. The van der Waals surface area contributed by atoms with Gasteiger partial charge in [-0.15, -0.1) is 0 Å². The summed E-state index contributed by atoms with van der Waals surface area (Å²) in [6.45, 7) is 3.90. The maximum absolute atomic E-state index is 6.86. The average molecular weight is 401 g/mol. The van der Waals surface area contributed by atoms with Gasteiger partial charge < -0.3 is 0 Å². The lowest BCUT2D eigenvalue weighted by Crippen LogP contribution is -1.99. The molecule has 1 aromatic carbocycles. The van der Waals surface area contributed by atoms with Crippen molar-refractivity contribution in [2.75, 3.05) is 0 Å². The molecule has 0 spiro atoms. The minimum atomic E-state index is 0.558. The van der Waals surface area contributed by atoms with Crippen molar-refractivity contribution in [2.24, 2.45) is 14.1 Å². The van der Waals surface area contributed by atoms with E-state index in [4.69, 9.17) is 28.3 Å². The summed E-state index contributed by atoms with van der Waals surface area (Å²) in [6.07, 6.45) is 3.87. The highest BCUT2D eigenvalue weighted by atomic mass is 35.5. The van der Waals surface area contributed by atoms with Crippen LogP contribution in [0.1, 0.15) is 11.4 Å². The van der Waals surface area contributed by atoms with E-state index >= 15 is 0 Å². The molecule has 6 nitrogen and oxygen atoms in total. The maximum atomic E-state index is 6.86. The van der Waals surface area contributed by atoms with Crippen molar-refractivity contribution in [3.05, 3.63) is 58.1 Å². The zero-order valence-electron chi connectivity index (χ0n) is 15.4. The molecular formula is C19H18Cl2N6. The minimum absolute atomic E-state index is 0.558. The van der Waals surface area contributed by atoms with E-state index in [1.165, 1.54) is 0 Å². The van der Waals surface area contributed by atoms with E-state index in [0.717, 1.165) is 33.9 Å². The predicted octanol–water partition coefficient (Wildman–Crippen LogP) is 4.60. The molecule has 0 fully saturated rings. The molecule has 27 heavy (non-hydrogen) atoms. The Morgan fingerprint density at radius 1 is 0.852 bits per heavy atom. The molecule has 3 aromatic heterocycles. The van der Waals surface area contributed by atoms with Gasteiger partial charge in [0.1, 0.15) is 5.69 Å². The van der Waals surface area contributed by atoms with Gasteiger partial charge in [0.25, 0.3) is 0 Å². The van der Waals surface area contributed by atoms with E-state index in [1.54, 1.807) is 9.36 Å². The Balaban J connectivity index is 2.03. The summed E-state index contributed by atoms with van der Waals surface area (Å²) < 4.78 is 5.35. The highest BCUT2D eigenvalue weighted by Crippen LogP contribution is 2.39. The van der Waals surface area contributed by atoms with Crippen molar-refractivity contribution in [3.8, 4) is 28.2 Å². The van der Waals surface area contributed by atoms with Crippen LogP contribution >= 0.6 is 23.2 Å². The molecule has 4 aromatic rings. The van der Waals surface area contributed by atoms with Gasteiger partial charge in [0, 0.05) is 42.6 Å². The number of hydrogen-bond acceptors (Lipinski definition) is 3. The lowest BCUT2D eigenvalue weighted by atomic mass is 10.1. The maximum Gasteiger partial charge on any atom is 0.115 e. The number of benzene rings is 1. The number of halogens is 2. The van der Waals surface area contributed by atoms with E-state index in [1.807, 2.05) is 69.3 Å². The SMILES string of the molecule is Cc1nn(C)cc1-c1nn(-c2cccc(Cl)c2)c(-c2cn(C)nc2C)c1Cl. The summed E-state index contributed by atoms with van der Waals surface area (Å²) in [5, 5.41) is 14.9. The first-order valence-electron chi connectivity index (χ1n) is 8.41. The van der Waals surface area contributed by atoms with Crippen LogP contribution < -0.4 is 0 Å². The molecule has 0 radical (unpaired) electrons. The first-order valence-corrected chi connectivity index (χ1v) is 9.16. The summed E-state index contributed by atoms with van der Waals surface area (Å²) in [5.74, 6) is 0. The first-order chi connectivity index (χ1) is 12.8. The summed E-state index contributed by atoms with van der Waals surface area (Å²) in [5.41, 5.74) is 5.84. The number of nitrogens with zero attached hydrogens (tertiary/aromatic N) is 6. The molecule has 0 amide bonds. The molecule has 0 aliphatic carbocycles. The molecule has 8 heteroatoms. The third-order valence-electron chi connectivity index (χ3n) is 4.42. The Bertz CT molecular complexity index is 1150. The van der Waals surface area contributed by atoms with Crippen LogP contribution in [0.3, 0.4) is 0 Å². The highest BCUT2D eigenvalue weighted by Gasteiger charge is 2.24. The minimum Gasteiger partial charge on any atom is -0.275 e. The van der Waals surface area contributed by atoms with Crippen LogP contribution in [0.5, 0.6) is 0 Å². The van der Waals surface area contributed by atoms with E-state index in [-0.39, 0.29) is 0 Å². The Labute approximate surface area is 166 Å². The van der Waals surface area contributed by atoms with Gasteiger partial charge in [0.15, 0.2) is 0 Å². The van der Waals surface area contributed by atoms with Crippen molar-refractivity contribution in [2.45, 2.75) is 13.8 Å². The smallest absolute Gasteiger partial charge is 0.115 e. The van der Waals surface area contributed by atoms with E-state index in [2.05, 4.69) is 10.2 Å². The Hall–Kier alpha value is -2.57. The summed E-state index contributed by atoms with van der Waals surface area (Å²) in [4.78, 5) is 0. The molecule has 0 aliphatic heterocycles. The molecule has 138 valence electrons. The van der Waals surface area contributed by atoms with Gasteiger partial charge in [-0.3, -0.25) is 9.36 Å². The van der Waals surface area contributed by atoms with Gasteiger partial charge in [-0.25, -0.2) is 4.68 Å². The molecule has 0 bridgehead atoms. The van der Waals surface area contributed by atoms with Crippen LogP contribution in [0.25, 0.3) is 28.2 Å². The standard InChI is InChI=1S/C19H18Cl2N6/c1-11-15(9-25(3)22-11)18-17(21)19(16-10-26(4)23-12(16)2)27(24-18)14-7-5-6-13(20)8-14/h5-10H,1-4H3. The second-order valence-corrected chi connectivity index (χ2v) is 7.32. The molecule has 0 saturated heterocycles. The van der Waals surface area contributed by atoms with Gasteiger partial charge in [0.05, 0.1) is 27.8 Å². The van der Waals surface area contributed by atoms with Crippen LogP contribution in [0.4, 0.5) is 0 Å². The second kappa shape index (κ2) is 6.55. The van der Waals surface area contributed by atoms with Gasteiger partial charge in [0.2, 0.25) is 0 Å². The number of hydrogen-bond donors (Lipinski definition) is 0. The monoisotopic (exact) mass is 400 g/mol. The fourth-order valence-corrected chi connectivity index (χ4v) is 3.77. The van der Waals surface area contributed by atoms with E-state index in [9.17, 15) is 0 Å². The van der Waals surface area contributed by atoms with Gasteiger partial charge >= 0.3 is 0 Å². The lowest BCUT2D eigenvalue weighted by Gasteiger charge is -2.07. The Morgan fingerprint density at radius 3 is 2.04 bits per heavy atom. The van der Waals surface area contributed by atoms with Crippen LogP contribution in [-0.2, 0) is 14.1 Å². The summed E-state index contributed by atoms with van der Waals surface area (Å²) in [6, 6.07) is 7.53. The number of rotatable bonds is 3. The van der Waals surface area contributed by atoms with Crippen molar-refractivity contribution >= 4 is 23.2 Å². The fourth-order valence-electron chi connectivity index (χ4n) is 3.26. The topological polar surface area (TPSA) is 53.5 Å². The molecule has 4 rings (SSSR count). The molecule has 0 aliphatic rings. The Kier molecular flexibility index (Phi) is 4.32. The molecule has 0 N–H and O–H groups in total. The Morgan fingerprint density at radius 2 is 1.48 bits per heavy atom. The summed E-state index contributed by atoms with van der Waals surface area (Å²) in [7, 11) is 3.77. The van der Waals surface area contributed by atoms with Crippen molar-refractivity contribution in [3.63, 3.8) is 0 Å². The zero-order chi connectivity index (χ0) is 19.3. The zero-order valence-corrected chi connectivity index (χ0v) is 16.9. The third-order valence-corrected chi connectivity index (χ3v) is 5.01. The van der Waals surface area contributed by atoms with Crippen molar-refractivity contribution in [1.82, 2.24) is 29.3 Å². The van der Waals surface area contributed by atoms with Crippen LogP contribution in [0.15, 0.2) is 36.7 Å².